The van der Waals surface area contributed by atoms with Crippen LogP contribution in [-0.2, 0) is 9.47 Å². The maximum atomic E-state index is 5.67. The van der Waals surface area contributed by atoms with E-state index in [0.29, 0.717) is 19.8 Å². The molecular weight excluding hydrogens is 216 g/mol. The van der Waals surface area contributed by atoms with Crippen LogP contribution in [0, 0.1) is 0 Å². The van der Waals surface area contributed by atoms with Crippen molar-refractivity contribution in [3.05, 3.63) is 30.1 Å². The molecule has 96 valence electrons. The Morgan fingerprint density at radius 3 is 2.88 bits per heavy atom. The molecule has 1 unspecified atom stereocenters. The number of hydrogen-bond acceptors (Lipinski definition) is 4. The Bertz CT molecular complexity index is 280. The first-order valence-electron chi connectivity index (χ1n) is 6.17. The van der Waals surface area contributed by atoms with Crippen LogP contribution in [0.4, 0.5) is 0 Å². The fourth-order valence-electron chi connectivity index (χ4n) is 1.46. The molecular formula is C13H22N2O2. The van der Waals surface area contributed by atoms with Gasteiger partial charge in [0.1, 0.15) is 0 Å². The third-order valence-electron chi connectivity index (χ3n) is 2.46. The lowest BCUT2D eigenvalue weighted by molar-refractivity contribution is 0.00683. The summed E-state index contributed by atoms with van der Waals surface area (Å²) in [7, 11) is 0. The Balaban J connectivity index is 2.20. The summed E-state index contributed by atoms with van der Waals surface area (Å²) in [6.45, 7) is 4.60. The summed E-state index contributed by atoms with van der Waals surface area (Å²) in [5, 5.41) is 0. The fourth-order valence-corrected chi connectivity index (χ4v) is 1.46. The largest absolute Gasteiger partial charge is 0.379 e. The van der Waals surface area contributed by atoms with Gasteiger partial charge >= 0.3 is 0 Å². The minimum Gasteiger partial charge on any atom is -0.379 e. The molecule has 1 heterocycles. The zero-order chi connectivity index (χ0) is 12.3. The highest BCUT2D eigenvalue weighted by Crippen LogP contribution is 2.13. The van der Waals surface area contributed by atoms with Gasteiger partial charge in [0.2, 0.25) is 0 Å². The van der Waals surface area contributed by atoms with Crippen molar-refractivity contribution in [1.29, 1.82) is 0 Å². The Hall–Kier alpha value is -0.970. The summed E-state index contributed by atoms with van der Waals surface area (Å²) in [6, 6.07) is 3.86. The van der Waals surface area contributed by atoms with Gasteiger partial charge in [0.15, 0.2) is 0 Å². The van der Waals surface area contributed by atoms with Gasteiger partial charge in [-0.05, 0) is 12.5 Å². The van der Waals surface area contributed by atoms with Crippen LogP contribution >= 0.6 is 0 Å². The van der Waals surface area contributed by atoms with E-state index in [4.69, 9.17) is 15.2 Å². The first-order valence-corrected chi connectivity index (χ1v) is 6.17. The molecule has 1 aromatic heterocycles. The predicted molar refractivity (Wildman–Crippen MR) is 67.7 cm³/mol. The molecule has 0 aliphatic rings. The Morgan fingerprint density at radius 2 is 2.24 bits per heavy atom. The van der Waals surface area contributed by atoms with E-state index in [2.05, 4.69) is 11.9 Å². The van der Waals surface area contributed by atoms with Crippen LogP contribution in [0.1, 0.15) is 31.4 Å². The lowest BCUT2D eigenvalue weighted by atomic mass is 10.2. The molecule has 0 spiro atoms. The van der Waals surface area contributed by atoms with Crippen molar-refractivity contribution < 1.29 is 9.47 Å². The summed E-state index contributed by atoms with van der Waals surface area (Å²) in [5.74, 6) is 0. The standard InChI is InChI=1S/C13H22N2O2/c1-2-3-7-16-8-9-17-13(10-14)12-5-4-6-15-11-12/h4-6,11,13H,2-3,7-10,14H2,1H3. The van der Waals surface area contributed by atoms with Gasteiger partial charge in [0.05, 0.1) is 19.3 Å². The van der Waals surface area contributed by atoms with Gasteiger partial charge in [-0.1, -0.05) is 19.4 Å². The van der Waals surface area contributed by atoms with Crippen molar-refractivity contribution >= 4 is 0 Å². The van der Waals surface area contributed by atoms with Gasteiger partial charge in [0, 0.05) is 31.1 Å². The van der Waals surface area contributed by atoms with Crippen LogP contribution in [0.15, 0.2) is 24.5 Å². The predicted octanol–water partition coefficient (Wildman–Crippen LogP) is 1.91. The van der Waals surface area contributed by atoms with E-state index < -0.39 is 0 Å². The fraction of sp³-hybridized carbons (Fsp3) is 0.615. The number of pyridine rings is 1. The van der Waals surface area contributed by atoms with Crippen molar-refractivity contribution in [3.63, 3.8) is 0 Å². The minimum atomic E-state index is -0.0847. The molecule has 1 aromatic rings. The molecule has 0 saturated heterocycles. The van der Waals surface area contributed by atoms with Crippen molar-refractivity contribution in [2.24, 2.45) is 5.73 Å². The number of unbranched alkanes of at least 4 members (excludes halogenated alkanes) is 1. The minimum absolute atomic E-state index is 0.0847. The monoisotopic (exact) mass is 238 g/mol. The first-order chi connectivity index (χ1) is 8.38. The van der Waals surface area contributed by atoms with Gasteiger partial charge in [0.25, 0.3) is 0 Å². The molecule has 4 nitrogen and oxygen atoms in total. The van der Waals surface area contributed by atoms with Crippen molar-refractivity contribution in [3.8, 4) is 0 Å². The molecule has 0 aliphatic heterocycles. The summed E-state index contributed by atoms with van der Waals surface area (Å²) >= 11 is 0. The van der Waals surface area contributed by atoms with Crippen molar-refractivity contribution in [2.75, 3.05) is 26.4 Å². The molecule has 0 saturated carbocycles. The number of aromatic nitrogens is 1. The van der Waals surface area contributed by atoms with Crippen molar-refractivity contribution in [1.82, 2.24) is 4.98 Å². The third kappa shape index (κ3) is 5.77. The average molecular weight is 238 g/mol. The second kappa shape index (κ2) is 9.10. The number of nitrogens with two attached hydrogens (primary N) is 1. The van der Waals surface area contributed by atoms with Gasteiger partial charge in [-0.15, -0.1) is 0 Å². The molecule has 1 atom stereocenters. The molecule has 0 radical (unpaired) electrons. The zero-order valence-electron chi connectivity index (χ0n) is 10.5. The third-order valence-corrected chi connectivity index (χ3v) is 2.46. The molecule has 17 heavy (non-hydrogen) atoms. The molecule has 2 N–H and O–H groups in total. The van der Waals surface area contributed by atoms with E-state index in [1.165, 1.54) is 0 Å². The SMILES string of the molecule is CCCCOCCOC(CN)c1cccnc1. The van der Waals surface area contributed by atoms with Crippen LogP contribution in [0.2, 0.25) is 0 Å². The second-order valence-electron chi connectivity index (χ2n) is 3.85. The number of hydrogen-bond donors (Lipinski definition) is 1. The highest BCUT2D eigenvalue weighted by molar-refractivity contribution is 5.12. The van der Waals surface area contributed by atoms with Crippen LogP contribution in [0.5, 0.6) is 0 Å². The Labute approximate surface area is 103 Å². The Kier molecular flexibility index (Phi) is 7.54. The van der Waals surface area contributed by atoms with E-state index in [1.807, 2.05) is 12.1 Å². The molecule has 0 bridgehead atoms. The van der Waals surface area contributed by atoms with Crippen LogP contribution in [-0.4, -0.2) is 31.3 Å². The van der Waals surface area contributed by atoms with Crippen LogP contribution < -0.4 is 5.73 Å². The smallest absolute Gasteiger partial charge is 0.0963 e. The normalized spacial score (nSPS) is 12.6. The highest BCUT2D eigenvalue weighted by atomic mass is 16.5. The summed E-state index contributed by atoms with van der Waals surface area (Å²) in [5.41, 5.74) is 6.69. The molecule has 4 heteroatoms. The molecule has 0 amide bonds. The van der Waals surface area contributed by atoms with E-state index in [9.17, 15) is 0 Å². The average Bonchev–Trinajstić information content (AvgIpc) is 2.39. The summed E-state index contributed by atoms with van der Waals surface area (Å²) in [4.78, 5) is 4.06. The summed E-state index contributed by atoms with van der Waals surface area (Å²) in [6.07, 6.45) is 5.70. The lowest BCUT2D eigenvalue weighted by Crippen LogP contribution is -2.18. The first kappa shape index (κ1) is 14.1. The van der Waals surface area contributed by atoms with E-state index >= 15 is 0 Å². The quantitative estimate of drug-likeness (QED) is 0.668. The molecule has 0 aromatic carbocycles. The van der Waals surface area contributed by atoms with Gasteiger partial charge in [-0.25, -0.2) is 0 Å². The topological polar surface area (TPSA) is 57.4 Å². The van der Waals surface area contributed by atoms with E-state index in [1.54, 1.807) is 12.4 Å². The van der Waals surface area contributed by atoms with Gasteiger partial charge in [-0.2, -0.15) is 0 Å². The zero-order valence-corrected chi connectivity index (χ0v) is 10.5. The molecule has 1 rings (SSSR count). The Morgan fingerprint density at radius 1 is 1.35 bits per heavy atom. The number of rotatable bonds is 9. The molecule has 0 aliphatic carbocycles. The molecule has 0 fully saturated rings. The van der Waals surface area contributed by atoms with Crippen LogP contribution in [0.25, 0.3) is 0 Å². The number of ether oxygens (including phenoxy) is 2. The maximum absolute atomic E-state index is 5.67. The highest BCUT2D eigenvalue weighted by Gasteiger charge is 2.09. The maximum Gasteiger partial charge on any atom is 0.0963 e. The number of nitrogens with zero attached hydrogens (tertiary/aromatic N) is 1. The summed E-state index contributed by atoms with van der Waals surface area (Å²) < 4.78 is 11.1. The van der Waals surface area contributed by atoms with E-state index in [0.717, 1.165) is 25.0 Å². The van der Waals surface area contributed by atoms with Gasteiger partial charge in [-0.3, -0.25) is 4.98 Å². The van der Waals surface area contributed by atoms with Crippen LogP contribution in [0.3, 0.4) is 0 Å². The van der Waals surface area contributed by atoms with Crippen molar-refractivity contribution in [2.45, 2.75) is 25.9 Å². The second-order valence-corrected chi connectivity index (χ2v) is 3.85. The van der Waals surface area contributed by atoms with E-state index in [-0.39, 0.29) is 6.10 Å². The lowest BCUT2D eigenvalue weighted by Gasteiger charge is -2.15. The van der Waals surface area contributed by atoms with Gasteiger partial charge < -0.3 is 15.2 Å².